The second-order valence-corrected chi connectivity index (χ2v) is 8.32. The minimum atomic E-state index is -0.614. The van der Waals surface area contributed by atoms with Gasteiger partial charge in [0, 0.05) is 23.7 Å². The Kier molecular flexibility index (Phi) is 2.87. The molecule has 0 aromatic heterocycles. The molecule has 4 bridgehead atoms. The molecule has 0 aliphatic heterocycles. The number of carbonyl (C=O) groups excluding carboxylic acids is 1. The van der Waals surface area contributed by atoms with Gasteiger partial charge >= 0.3 is 5.97 Å². The zero-order valence-electron chi connectivity index (χ0n) is 13.4. The minimum Gasteiger partial charge on any atom is -0.462 e. The van der Waals surface area contributed by atoms with Gasteiger partial charge < -0.3 is 9.84 Å². The molecule has 0 saturated heterocycles. The van der Waals surface area contributed by atoms with E-state index in [1.807, 2.05) is 0 Å². The zero-order valence-corrected chi connectivity index (χ0v) is 13.4. The van der Waals surface area contributed by atoms with Crippen molar-refractivity contribution in [1.82, 2.24) is 0 Å². The molecule has 4 aliphatic carbocycles. The van der Waals surface area contributed by atoms with Gasteiger partial charge in [-0.1, -0.05) is 27.7 Å². The van der Waals surface area contributed by atoms with E-state index in [9.17, 15) is 9.90 Å². The van der Waals surface area contributed by atoms with Crippen molar-refractivity contribution in [3.05, 3.63) is 0 Å². The van der Waals surface area contributed by atoms with Gasteiger partial charge in [-0.25, -0.2) is 0 Å². The first-order chi connectivity index (χ1) is 9.13. The molecular weight excluding hydrogens is 252 g/mol. The third-order valence-electron chi connectivity index (χ3n) is 7.30. The lowest BCUT2D eigenvalue weighted by Crippen LogP contribution is -2.74. The highest BCUT2D eigenvalue weighted by Gasteiger charge is 2.72. The monoisotopic (exact) mass is 280 g/mol. The van der Waals surface area contributed by atoms with Gasteiger partial charge in [-0.05, 0) is 37.5 Å². The molecule has 1 N–H and O–H groups in total. The topological polar surface area (TPSA) is 46.5 Å². The molecule has 4 fully saturated rings. The standard InChI is InChI=1S/C17H28O3/c1-10-6-7-17(19)15(3,4)13-8-12(10)16(17,5)9-14(13)20-11(2)18/h10,12-14,19H,6-9H2,1-5H3/t10-,12-,13-,14-,16+,17+/m0/s1. The summed E-state index contributed by atoms with van der Waals surface area (Å²) in [7, 11) is 0. The van der Waals surface area contributed by atoms with E-state index in [0.29, 0.717) is 11.8 Å². The number of fused-ring (bicyclic) bond motifs is 1. The molecule has 0 spiro atoms. The van der Waals surface area contributed by atoms with Gasteiger partial charge in [0.05, 0.1) is 5.60 Å². The summed E-state index contributed by atoms with van der Waals surface area (Å²) in [4.78, 5) is 11.4. The van der Waals surface area contributed by atoms with Crippen LogP contribution in [-0.4, -0.2) is 22.8 Å². The van der Waals surface area contributed by atoms with Crippen LogP contribution in [0.3, 0.4) is 0 Å². The maximum Gasteiger partial charge on any atom is 0.302 e. The SMILES string of the molecule is CC(=O)O[C@H]1C[C@]2(C)[C@H]3C[C@@H]1C(C)(C)[C@]2(O)CC[C@@H]3C. The quantitative estimate of drug-likeness (QED) is 0.751. The van der Waals surface area contributed by atoms with E-state index in [2.05, 4.69) is 27.7 Å². The van der Waals surface area contributed by atoms with Crippen molar-refractivity contribution < 1.29 is 14.6 Å². The molecule has 4 saturated carbocycles. The summed E-state index contributed by atoms with van der Waals surface area (Å²) < 4.78 is 5.62. The van der Waals surface area contributed by atoms with Crippen molar-refractivity contribution in [2.24, 2.45) is 28.6 Å². The fraction of sp³-hybridized carbons (Fsp3) is 0.941. The largest absolute Gasteiger partial charge is 0.462 e. The third-order valence-corrected chi connectivity index (χ3v) is 7.30. The Morgan fingerprint density at radius 1 is 1.25 bits per heavy atom. The van der Waals surface area contributed by atoms with Crippen LogP contribution in [0.15, 0.2) is 0 Å². The summed E-state index contributed by atoms with van der Waals surface area (Å²) in [6.07, 6.45) is 3.90. The van der Waals surface area contributed by atoms with E-state index >= 15 is 0 Å². The van der Waals surface area contributed by atoms with Gasteiger partial charge in [-0.15, -0.1) is 0 Å². The molecule has 4 rings (SSSR count). The van der Waals surface area contributed by atoms with Crippen LogP contribution in [0.25, 0.3) is 0 Å². The summed E-state index contributed by atoms with van der Waals surface area (Å²) in [6.45, 7) is 10.4. The van der Waals surface area contributed by atoms with Crippen LogP contribution < -0.4 is 0 Å². The van der Waals surface area contributed by atoms with Gasteiger partial charge in [-0.3, -0.25) is 4.79 Å². The van der Waals surface area contributed by atoms with Crippen LogP contribution in [-0.2, 0) is 9.53 Å². The molecule has 114 valence electrons. The van der Waals surface area contributed by atoms with Gasteiger partial charge in [-0.2, -0.15) is 0 Å². The number of ether oxygens (including phenoxy) is 1. The molecule has 0 aromatic rings. The number of carbonyl (C=O) groups is 1. The summed E-state index contributed by atoms with van der Waals surface area (Å²) >= 11 is 0. The molecule has 3 heteroatoms. The fourth-order valence-corrected chi connectivity index (χ4v) is 6.12. The Morgan fingerprint density at radius 2 is 1.90 bits per heavy atom. The number of hydrogen-bond acceptors (Lipinski definition) is 3. The maximum absolute atomic E-state index is 11.5. The Morgan fingerprint density at radius 3 is 2.50 bits per heavy atom. The number of rotatable bonds is 1. The van der Waals surface area contributed by atoms with Gasteiger partial charge in [0.15, 0.2) is 0 Å². The average molecular weight is 280 g/mol. The van der Waals surface area contributed by atoms with Crippen molar-refractivity contribution in [2.75, 3.05) is 0 Å². The normalized spacial score (nSPS) is 52.7. The highest BCUT2D eigenvalue weighted by atomic mass is 16.5. The van der Waals surface area contributed by atoms with Crippen LogP contribution in [0.2, 0.25) is 0 Å². The number of hydrogen-bond donors (Lipinski definition) is 1. The first kappa shape index (κ1) is 14.4. The molecule has 4 aliphatic rings. The third kappa shape index (κ3) is 1.48. The predicted octanol–water partition coefficient (Wildman–Crippen LogP) is 3.15. The average Bonchev–Trinajstić information content (AvgIpc) is 2.31. The Balaban J connectivity index is 2.05. The van der Waals surface area contributed by atoms with Crippen molar-refractivity contribution >= 4 is 5.97 Å². The molecule has 6 atom stereocenters. The summed E-state index contributed by atoms with van der Waals surface area (Å²) in [5.41, 5.74) is -0.920. The lowest BCUT2D eigenvalue weighted by molar-refractivity contribution is -0.316. The highest BCUT2D eigenvalue weighted by Crippen LogP contribution is 2.71. The van der Waals surface area contributed by atoms with Crippen LogP contribution in [0.5, 0.6) is 0 Å². The minimum absolute atomic E-state index is 0.0191. The van der Waals surface area contributed by atoms with E-state index in [1.54, 1.807) is 0 Å². The summed E-state index contributed by atoms with van der Waals surface area (Å²) in [5.74, 6) is 1.32. The molecule has 0 unspecified atom stereocenters. The Bertz CT molecular complexity index is 444. The Hall–Kier alpha value is -0.570. The second-order valence-electron chi connectivity index (χ2n) is 8.32. The lowest BCUT2D eigenvalue weighted by Gasteiger charge is -2.72. The fourth-order valence-electron chi connectivity index (χ4n) is 6.12. The summed E-state index contributed by atoms with van der Waals surface area (Å²) in [6, 6.07) is 0. The summed E-state index contributed by atoms with van der Waals surface area (Å²) in [5, 5.41) is 11.5. The lowest BCUT2D eigenvalue weighted by atomic mass is 9.35. The van der Waals surface area contributed by atoms with Crippen molar-refractivity contribution in [2.45, 2.75) is 72.0 Å². The number of aliphatic hydroxyl groups is 1. The second kappa shape index (κ2) is 4.00. The highest BCUT2D eigenvalue weighted by molar-refractivity contribution is 5.66. The van der Waals surface area contributed by atoms with Crippen molar-refractivity contribution in [3.8, 4) is 0 Å². The smallest absolute Gasteiger partial charge is 0.302 e. The molecule has 0 amide bonds. The van der Waals surface area contributed by atoms with E-state index < -0.39 is 5.60 Å². The van der Waals surface area contributed by atoms with Gasteiger partial charge in [0.25, 0.3) is 0 Å². The van der Waals surface area contributed by atoms with Crippen LogP contribution >= 0.6 is 0 Å². The Labute approximate surface area is 122 Å². The van der Waals surface area contributed by atoms with E-state index in [0.717, 1.165) is 25.7 Å². The van der Waals surface area contributed by atoms with Crippen molar-refractivity contribution in [3.63, 3.8) is 0 Å². The molecular formula is C17H28O3. The van der Waals surface area contributed by atoms with Crippen LogP contribution in [0, 0.1) is 28.6 Å². The van der Waals surface area contributed by atoms with Gasteiger partial charge in [0.2, 0.25) is 0 Å². The van der Waals surface area contributed by atoms with Crippen LogP contribution in [0.4, 0.5) is 0 Å². The van der Waals surface area contributed by atoms with E-state index in [-0.39, 0.29) is 28.8 Å². The molecule has 0 radical (unpaired) electrons. The van der Waals surface area contributed by atoms with E-state index in [1.165, 1.54) is 6.92 Å². The molecule has 20 heavy (non-hydrogen) atoms. The predicted molar refractivity (Wildman–Crippen MR) is 77.0 cm³/mol. The molecule has 3 nitrogen and oxygen atoms in total. The number of esters is 1. The first-order valence-corrected chi connectivity index (χ1v) is 8.03. The molecule has 0 heterocycles. The first-order valence-electron chi connectivity index (χ1n) is 8.03. The zero-order chi connectivity index (χ0) is 14.9. The van der Waals surface area contributed by atoms with Gasteiger partial charge in [0.1, 0.15) is 6.10 Å². The maximum atomic E-state index is 11.5. The van der Waals surface area contributed by atoms with Crippen molar-refractivity contribution in [1.29, 1.82) is 0 Å². The van der Waals surface area contributed by atoms with Crippen LogP contribution in [0.1, 0.15) is 60.3 Å². The van der Waals surface area contributed by atoms with E-state index in [4.69, 9.17) is 4.74 Å². The molecule has 0 aromatic carbocycles.